The van der Waals surface area contributed by atoms with Crippen LogP contribution in [0.2, 0.25) is 0 Å². The third kappa shape index (κ3) is 1.80. The van der Waals surface area contributed by atoms with Crippen molar-refractivity contribution in [1.29, 1.82) is 0 Å². The summed E-state index contributed by atoms with van der Waals surface area (Å²) < 4.78 is 0. The van der Waals surface area contributed by atoms with Gasteiger partial charge in [-0.15, -0.1) is 0 Å². The van der Waals surface area contributed by atoms with Gasteiger partial charge in [-0.1, -0.05) is 0 Å². The number of anilines is 2. The van der Waals surface area contributed by atoms with Crippen molar-refractivity contribution in [3.8, 4) is 0 Å². The molecule has 0 unspecified atom stereocenters. The van der Waals surface area contributed by atoms with Gasteiger partial charge in [0.1, 0.15) is 0 Å². The van der Waals surface area contributed by atoms with Gasteiger partial charge in [-0.2, -0.15) is 0 Å². The summed E-state index contributed by atoms with van der Waals surface area (Å²) in [6, 6.07) is 4.88. The molecule has 1 aromatic rings. The molecule has 1 heterocycles. The first-order chi connectivity index (χ1) is 8.04. The molecule has 0 fully saturated rings. The summed E-state index contributed by atoms with van der Waals surface area (Å²) in [5.74, 6) is -1.24. The van der Waals surface area contributed by atoms with Crippen molar-refractivity contribution in [3.05, 3.63) is 23.8 Å². The van der Waals surface area contributed by atoms with Crippen molar-refractivity contribution < 1.29 is 14.4 Å². The third-order valence-electron chi connectivity index (χ3n) is 2.61. The van der Waals surface area contributed by atoms with E-state index in [0.29, 0.717) is 23.5 Å². The number of hydrogen-bond acceptors (Lipinski definition) is 3. The topological polar surface area (TPSA) is 66.5 Å². The summed E-state index contributed by atoms with van der Waals surface area (Å²) in [4.78, 5) is 35.6. The van der Waals surface area contributed by atoms with Gasteiger partial charge in [-0.05, 0) is 25.1 Å². The van der Waals surface area contributed by atoms with E-state index in [1.807, 2.05) is 6.92 Å². The molecule has 0 radical (unpaired) electrons. The molecule has 88 valence electrons. The summed E-state index contributed by atoms with van der Waals surface area (Å²) in [5.41, 5.74) is 1.48. The minimum absolute atomic E-state index is 0.214. The van der Waals surface area contributed by atoms with E-state index in [1.54, 1.807) is 12.1 Å². The fourth-order valence-electron chi connectivity index (χ4n) is 1.90. The van der Waals surface area contributed by atoms with Gasteiger partial charge in [0.15, 0.2) is 0 Å². The van der Waals surface area contributed by atoms with E-state index in [2.05, 4.69) is 5.32 Å². The Bertz CT molecular complexity index is 522. The number of nitrogens with zero attached hydrogens (tertiary/aromatic N) is 1. The van der Waals surface area contributed by atoms with Crippen molar-refractivity contribution >= 4 is 29.0 Å². The van der Waals surface area contributed by atoms with Crippen LogP contribution in [0.3, 0.4) is 0 Å². The normalized spacial score (nSPS) is 13.9. The van der Waals surface area contributed by atoms with Crippen molar-refractivity contribution in [3.63, 3.8) is 0 Å². The molecule has 0 spiro atoms. The van der Waals surface area contributed by atoms with E-state index in [0.717, 1.165) is 0 Å². The van der Waals surface area contributed by atoms with Crippen molar-refractivity contribution in [2.45, 2.75) is 13.8 Å². The maximum Gasteiger partial charge on any atom is 0.299 e. The molecule has 0 saturated heterocycles. The lowest BCUT2D eigenvalue weighted by Gasteiger charge is -2.13. The number of fused-ring (bicyclic) bond motifs is 1. The monoisotopic (exact) mass is 232 g/mol. The molecule has 0 bridgehead atoms. The molecule has 0 saturated carbocycles. The third-order valence-corrected chi connectivity index (χ3v) is 2.61. The van der Waals surface area contributed by atoms with Gasteiger partial charge in [0.05, 0.1) is 11.3 Å². The molecule has 5 nitrogen and oxygen atoms in total. The van der Waals surface area contributed by atoms with Gasteiger partial charge in [-0.3, -0.25) is 14.4 Å². The average molecular weight is 232 g/mol. The van der Waals surface area contributed by atoms with Gasteiger partial charge >= 0.3 is 0 Å². The highest BCUT2D eigenvalue weighted by atomic mass is 16.2. The Kier molecular flexibility index (Phi) is 2.67. The Morgan fingerprint density at radius 2 is 2.06 bits per heavy atom. The van der Waals surface area contributed by atoms with Gasteiger partial charge in [0.25, 0.3) is 11.7 Å². The predicted octanol–water partition coefficient (Wildman–Crippen LogP) is 1.19. The number of Topliss-reactive ketones (excluding diaryl/α,β-unsaturated/α-hetero) is 1. The molecular formula is C12H12N2O3. The molecule has 0 atom stereocenters. The second-order valence-corrected chi connectivity index (χ2v) is 3.79. The minimum Gasteiger partial charge on any atom is -0.326 e. The smallest absolute Gasteiger partial charge is 0.299 e. The first-order valence-corrected chi connectivity index (χ1v) is 5.32. The van der Waals surface area contributed by atoms with Crippen LogP contribution >= 0.6 is 0 Å². The SMILES string of the molecule is CCN1C(=O)C(=O)c2cc(NC(C)=O)ccc21. The number of nitrogens with one attached hydrogen (secondary N) is 1. The van der Waals surface area contributed by atoms with Crippen LogP contribution in [-0.2, 0) is 9.59 Å². The van der Waals surface area contributed by atoms with Gasteiger partial charge < -0.3 is 10.2 Å². The van der Waals surface area contributed by atoms with E-state index in [4.69, 9.17) is 0 Å². The van der Waals surface area contributed by atoms with Crippen LogP contribution < -0.4 is 10.2 Å². The van der Waals surface area contributed by atoms with E-state index in [1.165, 1.54) is 17.9 Å². The van der Waals surface area contributed by atoms with Crippen molar-refractivity contribution in [2.24, 2.45) is 0 Å². The number of benzene rings is 1. The zero-order chi connectivity index (χ0) is 12.6. The van der Waals surface area contributed by atoms with Crippen molar-refractivity contribution in [1.82, 2.24) is 0 Å². The Balaban J connectivity index is 2.44. The second kappa shape index (κ2) is 4.01. The largest absolute Gasteiger partial charge is 0.326 e. The van der Waals surface area contributed by atoms with Crippen molar-refractivity contribution in [2.75, 3.05) is 16.8 Å². The van der Waals surface area contributed by atoms with Crippen LogP contribution in [0, 0.1) is 0 Å². The number of likely N-dealkylation sites (N-methyl/N-ethyl adjacent to an activating group) is 1. The Labute approximate surface area is 98.4 Å². The molecule has 1 aliphatic heterocycles. The summed E-state index contributed by atoms with van der Waals surface area (Å²) in [7, 11) is 0. The zero-order valence-electron chi connectivity index (χ0n) is 9.61. The molecule has 2 rings (SSSR count). The first-order valence-electron chi connectivity index (χ1n) is 5.32. The quantitative estimate of drug-likeness (QED) is 0.779. The maximum absolute atomic E-state index is 11.7. The summed E-state index contributed by atoms with van der Waals surface area (Å²) in [6.45, 7) is 3.65. The Hall–Kier alpha value is -2.17. The Morgan fingerprint density at radius 3 is 2.65 bits per heavy atom. The van der Waals surface area contributed by atoms with Crippen LogP contribution in [0.5, 0.6) is 0 Å². The molecule has 1 aromatic carbocycles. The fraction of sp³-hybridized carbons (Fsp3) is 0.250. The lowest BCUT2D eigenvalue weighted by atomic mass is 10.1. The maximum atomic E-state index is 11.7. The molecule has 0 aliphatic carbocycles. The molecule has 2 amide bonds. The number of carbonyl (C=O) groups excluding carboxylic acids is 3. The van der Waals surface area contributed by atoms with Gasteiger partial charge in [0.2, 0.25) is 5.91 Å². The summed E-state index contributed by atoms with van der Waals surface area (Å²) in [6.07, 6.45) is 0. The van der Waals surface area contributed by atoms with Crippen LogP contribution in [0.4, 0.5) is 11.4 Å². The van der Waals surface area contributed by atoms with Gasteiger partial charge in [0, 0.05) is 19.2 Å². The van der Waals surface area contributed by atoms with Gasteiger partial charge in [-0.25, -0.2) is 0 Å². The standard InChI is InChI=1S/C12H12N2O3/c1-3-14-10-5-4-8(13-7(2)15)6-9(10)11(16)12(14)17/h4-6H,3H2,1-2H3,(H,13,15). The molecule has 1 N–H and O–H groups in total. The number of ketones is 1. The molecule has 1 aliphatic rings. The van der Waals surface area contributed by atoms with Crippen LogP contribution in [0.1, 0.15) is 24.2 Å². The van der Waals surface area contributed by atoms with E-state index < -0.39 is 11.7 Å². The first kappa shape index (κ1) is 11.3. The lowest BCUT2D eigenvalue weighted by Crippen LogP contribution is -2.29. The minimum atomic E-state index is -0.519. The van der Waals surface area contributed by atoms with Crippen LogP contribution in [-0.4, -0.2) is 24.1 Å². The summed E-state index contributed by atoms with van der Waals surface area (Å²) in [5, 5.41) is 2.58. The number of rotatable bonds is 2. The molecule has 0 aromatic heterocycles. The highest BCUT2D eigenvalue weighted by Crippen LogP contribution is 2.30. The number of hydrogen-bond donors (Lipinski definition) is 1. The van der Waals surface area contributed by atoms with Crippen LogP contribution in [0.25, 0.3) is 0 Å². The zero-order valence-corrected chi connectivity index (χ0v) is 9.61. The predicted molar refractivity (Wildman–Crippen MR) is 63.1 cm³/mol. The number of amides is 2. The molecular weight excluding hydrogens is 220 g/mol. The second-order valence-electron chi connectivity index (χ2n) is 3.79. The highest BCUT2D eigenvalue weighted by molar-refractivity contribution is 6.52. The molecule has 17 heavy (non-hydrogen) atoms. The molecule has 5 heteroatoms. The van der Waals surface area contributed by atoms with E-state index in [9.17, 15) is 14.4 Å². The summed E-state index contributed by atoms with van der Waals surface area (Å²) >= 11 is 0. The highest BCUT2D eigenvalue weighted by Gasteiger charge is 2.34. The fourth-order valence-corrected chi connectivity index (χ4v) is 1.90. The average Bonchev–Trinajstić information content (AvgIpc) is 2.51. The Morgan fingerprint density at radius 1 is 1.35 bits per heavy atom. The van der Waals surface area contributed by atoms with E-state index >= 15 is 0 Å². The van der Waals surface area contributed by atoms with E-state index in [-0.39, 0.29) is 5.91 Å². The number of carbonyl (C=O) groups is 3. The lowest BCUT2D eigenvalue weighted by molar-refractivity contribution is -0.114. The van der Waals surface area contributed by atoms with Crippen LogP contribution in [0.15, 0.2) is 18.2 Å².